The van der Waals surface area contributed by atoms with Gasteiger partial charge in [0.1, 0.15) is 5.75 Å². The van der Waals surface area contributed by atoms with Crippen molar-refractivity contribution in [2.24, 2.45) is 0 Å². The number of thioether (sulfide) groups is 1. The highest BCUT2D eigenvalue weighted by Crippen LogP contribution is 2.28. The molecule has 0 atom stereocenters. The van der Waals surface area contributed by atoms with Crippen LogP contribution in [0.4, 0.5) is 10.8 Å². The number of sulfonamides is 1. The van der Waals surface area contributed by atoms with Crippen molar-refractivity contribution < 1.29 is 17.9 Å². The Morgan fingerprint density at radius 1 is 1.29 bits per heavy atom. The topological polar surface area (TPSA) is 101 Å². The van der Waals surface area contributed by atoms with Crippen molar-refractivity contribution >= 4 is 49.8 Å². The number of methoxy groups -OCH3 is 1. The second kappa shape index (κ2) is 10.1. The first-order chi connectivity index (χ1) is 13.2. The number of nitrogens with one attached hydrogen (secondary N) is 1. The fraction of sp³-hybridized carbons (Fsp3) is 0.471. The first-order valence-electron chi connectivity index (χ1n) is 8.61. The van der Waals surface area contributed by atoms with Crippen LogP contribution in [0.1, 0.15) is 26.7 Å². The number of carbonyl (C=O) groups is 1. The molecule has 1 aromatic carbocycles. The molecular weight excluding hydrogens is 420 g/mol. The number of amides is 1. The molecule has 0 unspecified atom stereocenters. The summed E-state index contributed by atoms with van der Waals surface area (Å²) in [5.41, 5.74) is 0.531. The van der Waals surface area contributed by atoms with Crippen molar-refractivity contribution in [2.75, 3.05) is 29.5 Å². The van der Waals surface area contributed by atoms with Gasteiger partial charge in [0.05, 0.1) is 19.1 Å². The molecule has 0 aliphatic heterocycles. The molecule has 0 spiro atoms. The highest BCUT2D eigenvalue weighted by Gasteiger charge is 2.18. The molecule has 8 nitrogen and oxygen atoms in total. The lowest BCUT2D eigenvalue weighted by atomic mass is 10.2. The van der Waals surface area contributed by atoms with E-state index in [0.29, 0.717) is 28.2 Å². The molecule has 1 amide bonds. The van der Waals surface area contributed by atoms with E-state index in [9.17, 15) is 13.2 Å². The van der Waals surface area contributed by atoms with Crippen LogP contribution in [-0.4, -0.2) is 49.7 Å². The molecule has 1 N–H and O–H groups in total. The zero-order valence-electron chi connectivity index (χ0n) is 16.2. The molecule has 0 bridgehead atoms. The largest absolute Gasteiger partial charge is 0.497 e. The molecule has 0 aliphatic rings. The minimum absolute atomic E-state index is 0.175. The van der Waals surface area contributed by atoms with E-state index in [0.717, 1.165) is 10.6 Å². The van der Waals surface area contributed by atoms with E-state index in [4.69, 9.17) is 4.74 Å². The van der Waals surface area contributed by atoms with E-state index in [2.05, 4.69) is 29.4 Å². The van der Waals surface area contributed by atoms with Crippen molar-refractivity contribution in [1.82, 2.24) is 10.2 Å². The van der Waals surface area contributed by atoms with E-state index in [1.54, 1.807) is 43.1 Å². The number of benzene rings is 1. The minimum Gasteiger partial charge on any atom is -0.497 e. The Kier molecular flexibility index (Phi) is 8.08. The maximum Gasteiger partial charge on any atom is 0.232 e. The summed E-state index contributed by atoms with van der Waals surface area (Å²) in [6.45, 7) is 4.31. The summed E-state index contributed by atoms with van der Waals surface area (Å²) in [5, 5.41) is 11.5. The van der Waals surface area contributed by atoms with E-state index in [1.165, 1.54) is 15.6 Å². The number of rotatable bonds is 10. The van der Waals surface area contributed by atoms with Crippen LogP contribution in [0.5, 0.6) is 5.75 Å². The van der Waals surface area contributed by atoms with Crippen LogP contribution >= 0.6 is 23.1 Å². The number of hydrogen-bond donors (Lipinski definition) is 1. The molecule has 0 saturated carbocycles. The number of hydrogen-bond acceptors (Lipinski definition) is 8. The summed E-state index contributed by atoms with van der Waals surface area (Å²) in [4.78, 5) is 12.1. The molecule has 11 heteroatoms. The van der Waals surface area contributed by atoms with Gasteiger partial charge in [-0.05, 0) is 30.7 Å². The average molecular weight is 445 g/mol. The fourth-order valence-corrected chi connectivity index (χ4v) is 5.27. The molecule has 28 heavy (non-hydrogen) atoms. The van der Waals surface area contributed by atoms with Crippen LogP contribution in [-0.2, 0) is 14.8 Å². The molecule has 0 saturated heterocycles. The van der Waals surface area contributed by atoms with Gasteiger partial charge in [0.25, 0.3) is 0 Å². The van der Waals surface area contributed by atoms with E-state index >= 15 is 0 Å². The van der Waals surface area contributed by atoms with Gasteiger partial charge in [-0.3, -0.25) is 9.10 Å². The fourth-order valence-electron chi connectivity index (χ4n) is 2.31. The SMILES string of the molecule is COc1ccc(N(CCCC(=O)Nc2nnc(SC(C)C)s2)S(C)(=O)=O)cc1. The van der Waals surface area contributed by atoms with Crippen LogP contribution in [0.15, 0.2) is 28.6 Å². The number of carbonyl (C=O) groups excluding carboxylic acids is 1. The third kappa shape index (κ3) is 6.95. The Labute approximate surface area is 173 Å². The van der Waals surface area contributed by atoms with Crippen molar-refractivity contribution in [3.63, 3.8) is 0 Å². The number of anilines is 2. The van der Waals surface area contributed by atoms with E-state index in [-0.39, 0.29) is 18.9 Å². The van der Waals surface area contributed by atoms with Crippen LogP contribution in [0, 0.1) is 0 Å². The monoisotopic (exact) mass is 444 g/mol. The van der Waals surface area contributed by atoms with Crippen molar-refractivity contribution in [3.8, 4) is 5.75 Å². The Morgan fingerprint density at radius 3 is 2.54 bits per heavy atom. The molecule has 0 fully saturated rings. The van der Waals surface area contributed by atoms with Crippen LogP contribution in [0.3, 0.4) is 0 Å². The molecule has 2 aromatic rings. The van der Waals surface area contributed by atoms with Gasteiger partial charge in [-0.25, -0.2) is 8.42 Å². The second-order valence-electron chi connectivity index (χ2n) is 6.22. The first-order valence-corrected chi connectivity index (χ1v) is 12.1. The summed E-state index contributed by atoms with van der Waals surface area (Å²) in [6.07, 6.45) is 1.69. The van der Waals surface area contributed by atoms with Crippen LogP contribution in [0.25, 0.3) is 0 Å². The highest BCUT2D eigenvalue weighted by atomic mass is 32.2. The van der Waals surface area contributed by atoms with Crippen molar-refractivity contribution in [1.29, 1.82) is 0 Å². The van der Waals surface area contributed by atoms with Gasteiger partial charge in [-0.1, -0.05) is 36.9 Å². The molecule has 0 aliphatic carbocycles. The highest BCUT2D eigenvalue weighted by molar-refractivity contribution is 8.01. The Bertz CT molecular complexity index is 882. The summed E-state index contributed by atoms with van der Waals surface area (Å²) in [7, 11) is -1.92. The predicted octanol–water partition coefficient (Wildman–Crippen LogP) is 3.23. The third-order valence-corrected chi connectivity index (χ3v) is 6.64. The van der Waals surface area contributed by atoms with Gasteiger partial charge in [0, 0.05) is 18.2 Å². The zero-order valence-corrected chi connectivity index (χ0v) is 18.7. The normalized spacial score (nSPS) is 11.5. The maximum atomic E-state index is 12.1. The van der Waals surface area contributed by atoms with E-state index < -0.39 is 10.0 Å². The van der Waals surface area contributed by atoms with Crippen LogP contribution in [0.2, 0.25) is 0 Å². The first kappa shape index (κ1) is 22.4. The second-order valence-corrected chi connectivity index (χ2v) is 10.9. The van der Waals surface area contributed by atoms with Gasteiger partial charge in [-0.2, -0.15) is 0 Å². The summed E-state index contributed by atoms with van der Waals surface area (Å²) >= 11 is 2.91. The van der Waals surface area contributed by atoms with Crippen LogP contribution < -0.4 is 14.4 Å². The van der Waals surface area contributed by atoms with Crippen molar-refractivity contribution in [2.45, 2.75) is 36.3 Å². The lowest BCUT2D eigenvalue weighted by molar-refractivity contribution is -0.116. The number of ether oxygens (including phenoxy) is 1. The Hall–Kier alpha value is -1.85. The third-order valence-electron chi connectivity index (χ3n) is 3.52. The van der Waals surface area contributed by atoms with Gasteiger partial charge in [0.15, 0.2) is 4.34 Å². The Morgan fingerprint density at radius 2 is 1.96 bits per heavy atom. The molecule has 1 aromatic heterocycles. The standard InChI is InChI=1S/C17H24N4O4S3/c1-12(2)26-17-20-19-16(27-17)18-15(22)6-5-11-21(28(4,23)24)13-7-9-14(25-3)10-8-13/h7-10,12H,5-6,11H2,1-4H3,(H,18,19,22). The van der Waals surface area contributed by atoms with Gasteiger partial charge in [0.2, 0.25) is 21.1 Å². The van der Waals surface area contributed by atoms with E-state index in [1.807, 2.05) is 0 Å². The number of nitrogens with zero attached hydrogens (tertiary/aromatic N) is 3. The smallest absolute Gasteiger partial charge is 0.232 e. The lowest BCUT2D eigenvalue weighted by Crippen LogP contribution is -2.31. The maximum absolute atomic E-state index is 12.1. The summed E-state index contributed by atoms with van der Waals surface area (Å²) in [6, 6.07) is 6.75. The van der Waals surface area contributed by atoms with Gasteiger partial charge < -0.3 is 10.1 Å². The lowest BCUT2D eigenvalue weighted by Gasteiger charge is -2.22. The van der Waals surface area contributed by atoms with Gasteiger partial charge in [-0.15, -0.1) is 10.2 Å². The molecular formula is C17H24N4O4S3. The molecule has 154 valence electrons. The number of aromatic nitrogens is 2. The Balaban J connectivity index is 1.90. The minimum atomic E-state index is -3.46. The molecule has 0 radical (unpaired) electrons. The van der Waals surface area contributed by atoms with Gasteiger partial charge >= 0.3 is 0 Å². The summed E-state index contributed by atoms with van der Waals surface area (Å²) in [5.74, 6) is 0.420. The van der Waals surface area contributed by atoms with Crippen molar-refractivity contribution in [3.05, 3.63) is 24.3 Å². The molecule has 1 heterocycles. The zero-order chi connectivity index (χ0) is 20.7. The summed E-state index contributed by atoms with van der Waals surface area (Å²) < 4.78 is 31.4. The quantitative estimate of drug-likeness (QED) is 0.443. The molecule has 2 rings (SSSR count). The average Bonchev–Trinajstić information content (AvgIpc) is 3.04. The predicted molar refractivity (Wildman–Crippen MR) is 114 cm³/mol.